The summed E-state index contributed by atoms with van der Waals surface area (Å²) in [5, 5.41) is 0.461. The number of benzene rings is 2. The number of ether oxygens (including phenoxy) is 5. The fraction of sp³-hybridized carbons (Fsp3) is 0.471. The number of nitrogens with zero attached hydrogens (tertiary/aromatic N) is 3. The number of halogens is 4. The van der Waals surface area contributed by atoms with Crippen LogP contribution in [0.5, 0.6) is 17.2 Å². The first kappa shape index (κ1) is 37.8. The van der Waals surface area contributed by atoms with Gasteiger partial charge in [-0.3, -0.25) is 14.2 Å². The number of carbonyl (C=O) groups is 1. The van der Waals surface area contributed by atoms with Crippen LogP contribution in [0.3, 0.4) is 0 Å². The van der Waals surface area contributed by atoms with E-state index < -0.39 is 28.7 Å². The van der Waals surface area contributed by atoms with Crippen molar-refractivity contribution < 1.29 is 45.7 Å². The highest BCUT2D eigenvalue weighted by Gasteiger charge is 2.28. The lowest BCUT2D eigenvalue weighted by atomic mass is 10.0. The maximum Gasteiger partial charge on any atom is 0.387 e. The number of carbonyl (C=O) groups excluding carboxylic acids is 1. The Morgan fingerprint density at radius 3 is 2.40 bits per heavy atom. The van der Waals surface area contributed by atoms with Crippen LogP contribution in [-0.2, 0) is 25.9 Å². The van der Waals surface area contributed by atoms with Crippen LogP contribution in [0, 0.1) is 5.92 Å². The van der Waals surface area contributed by atoms with Crippen molar-refractivity contribution in [1.29, 1.82) is 0 Å². The molecule has 3 aromatic rings. The molecule has 11 nitrogen and oxygen atoms in total. The van der Waals surface area contributed by atoms with Crippen molar-refractivity contribution >= 4 is 44.9 Å². The Hall–Kier alpha value is -3.43. The lowest BCUT2D eigenvalue weighted by Gasteiger charge is -2.29. The fourth-order valence-corrected chi connectivity index (χ4v) is 6.99. The first-order valence-corrected chi connectivity index (χ1v) is 18.7. The third kappa shape index (κ3) is 10.3. The zero-order valence-corrected chi connectivity index (χ0v) is 30.0. The fourth-order valence-electron chi connectivity index (χ4n) is 5.51. The second-order valence-corrected chi connectivity index (χ2v) is 14.8. The summed E-state index contributed by atoms with van der Waals surface area (Å²) in [4.78, 5) is 20.1. The largest absolute Gasteiger partial charge is 0.495 e. The van der Waals surface area contributed by atoms with E-state index in [1.54, 1.807) is 0 Å². The van der Waals surface area contributed by atoms with Crippen LogP contribution < -0.4 is 18.5 Å². The number of hydrogen-bond acceptors (Lipinski definition) is 10. The Morgan fingerprint density at radius 1 is 1.06 bits per heavy atom. The highest BCUT2D eigenvalue weighted by molar-refractivity contribution is 7.92. The van der Waals surface area contributed by atoms with Crippen LogP contribution in [-0.4, -0.2) is 90.2 Å². The number of rotatable bonds is 17. The molecule has 0 bridgehead atoms. The standard InChI is InChI=1S/C34H39Cl2F2N3O8S/c1-45-29-8-7-24(16-28(29)41(50(2,43)44)11-3-10-40-12-14-46-15-13-40)33(42)48-31(18-25-26(35)19-39-20-27(25)36)23-6-9-30(49-34(37)38)32(17-23)47-21-22-4-5-22/h6-9,16-17,19-20,22,31,34H,3-5,10-15,18,21H2,1-2H3/t31-/m0/s1. The van der Waals surface area contributed by atoms with E-state index in [4.69, 9.17) is 46.9 Å². The van der Waals surface area contributed by atoms with E-state index in [9.17, 15) is 22.0 Å². The summed E-state index contributed by atoms with van der Waals surface area (Å²) in [6, 6.07) is 8.67. The molecule has 1 aliphatic heterocycles. The first-order chi connectivity index (χ1) is 23.9. The van der Waals surface area contributed by atoms with E-state index in [0.29, 0.717) is 49.8 Å². The molecule has 2 aliphatic rings. The molecular formula is C34H39Cl2F2N3O8S. The van der Waals surface area contributed by atoms with E-state index >= 15 is 0 Å². The topological polar surface area (TPSA) is 117 Å². The Balaban J connectivity index is 1.45. The molecule has 1 aromatic heterocycles. The molecule has 1 atom stereocenters. The minimum absolute atomic E-state index is 0.0109. The molecule has 1 saturated carbocycles. The second-order valence-electron chi connectivity index (χ2n) is 12.0. The van der Waals surface area contributed by atoms with Gasteiger partial charge in [0.1, 0.15) is 11.9 Å². The molecule has 2 fully saturated rings. The third-order valence-corrected chi connectivity index (χ3v) is 10.2. The predicted molar refractivity (Wildman–Crippen MR) is 184 cm³/mol. The van der Waals surface area contributed by atoms with Gasteiger partial charge < -0.3 is 23.7 Å². The number of sulfonamides is 1. The van der Waals surface area contributed by atoms with E-state index in [1.807, 2.05) is 0 Å². The smallest absolute Gasteiger partial charge is 0.387 e. The monoisotopic (exact) mass is 757 g/mol. The average molecular weight is 759 g/mol. The Labute approximate surface area is 300 Å². The number of alkyl halides is 2. The highest BCUT2D eigenvalue weighted by Crippen LogP contribution is 2.39. The molecule has 0 spiro atoms. The van der Waals surface area contributed by atoms with E-state index in [-0.39, 0.29) is 51.5 Å². The van der Waals surface area contributed by atoms with Gasteiger partial charge in [0, 0.05) is 45.0 Å². The Bertz CT molecular complexity index is 1720. The van der Waals surface area contributed by atoms with Crippen molar-refractivity contribution in [3.05, 3.63) is 75.5 Å². The minimum atomic E-state index is -3.79. The summed E-state index contributed by atoms with van der Waals surface area (Å²) < 4.78 is 81.3. The van der Waals surface area contributed by atoms with E-state index in [0.717, 1.165) is 32.2 Å². The molecule has 50 heavy (non-hydrogen) atoms. The van der Waals surface area contributed by atoms with Crippen LogP contribution in [0.2, 0.25) is 10.0 Å². The number of aromatic nitrogens is 1. The second kappa shape index (κ2) is 17.2. The molecule has 0 unspecified atom stereocenters. The lowest BCUT2D eigenvalue weighted by molar-refractivity contribution is -0.0515. The van der Waals surface area contributed by atoms with Gasteiger partial charge in [0.25, 0.3) is 0 Å². The number of esters is 1. The van der Waals surface area contributed by atoms with Gasteiger partial charge in [-0.15, -0.1) is 0 Å². The number of pyridine rings is 1. The van der Waals surface area contributed by atoms with Gasteiger partial charge in [-0.25, -0.2) is 13.2 Å². The van der Waals surface area contributed by atoms with E-state index in [2.05, 4.69) is 9.88 Å². The van der Waals surface area contributed by atoms with Crippen molar-refractivity contribution in [1.82, 2.24) is 9.88 Å². The number of anilines is 1. The first-order valence-electron chi connectivity index (χ1n) is 16.1. The van der Waals surface area contributed by atoms with Crippen LogP contribution in [0.25, 0.3) is 0 Å². The maximum absolute atomic E-state index is 13.9. The molecule has 16 heteroatoms. The van der Waals surface area contributed by atoms with Crippen LogP contribution in [0.1, 0.15) is 46.9 Å². The van der Waals surface area contributed by atoms with Crippen molar-refractivity contribution in [2.75, 3.05) is 63.7 Å². The third-order valence-electron chi connectivity index (χ3n) is 8.34. The van der Waals surface area contributed by atoms with Crippen molar-refractivity contribution in [3.63, 3.8) is 0 Å². The van der Waals surface area contributed by atoms with Crippen molar-refractivity contribution in [3.8, 4) is 17.2 Å². The molecule has 0 amide bonds. The maximum atomic E-state index is 13.9. The van der Waals surface area contributed by atoms with Gasteiger partial charge in [0.15, 0.2) is 11.5 Å². The summed E-state index contributed by atoms with van der Waals surface area (Å²) in [5.74, 6) is -0.331. The zero-order valence-electron chi connectivity index (χ0n) is 27.7. The summed E-state index contributed by atoms with van der Waals surface area (Å²) >= 11 is 12.9. The summed E-state index contributed by atoms with van der Waals surface area (Å²) in [6.45, 7) is 0.800. The summed E-state index contributed by atoms with van der Waals surface area (Å²) in [6.07, 6.45) is 5.31. The normalized spacial score (nSPS) is 15.8. The number of morpholine rings is 1. The molecule has 0 N–H and O–H groups in total. The predicted octanol–water partition coefficient (Wildman–Crippen LogP) is 6.42. The van der Waals surface area contributed by atoms with Gasteiger partial charge in [-0.2, -0.15) is 8.78 Å². The van der Waals surface area contributed by atoms with Gasteiger partial charge in [-0.1, -0.05) is 29.3 Å². The SMILES string of the molecule is COc1ccc(C(=O)O[C@@H](Cc2c(Cl)cncc2Cl)c2ccc(OC(F)F)c(OCC3CC3)c2)cc1N(CCCN1CCOCC1)S(C)(=O)=O. The molecule has 2 heterocycles. The van der Waals surface area contributed by atoms with Gasteiger partial charge in [0.05, 0.1) is 54.5 Å². The van der Waals surface area contributed by atoms with Gasteiger partial charge >= 0.3 is 12.6 Å². The summed E-state index contributed by atoms with van der Waals surface area (Å²) in [5.41, 5.74) is 1.05. The molecule has 272 valence electrons. The number of methoxy groups -OCH3 is 1. The molecule has 2 aromatic carbocycles. The minimum Gasteiger partial charge on any atom is -0.495 e. The Morgan fingerprint density at radius 2 is 1.76 bits per heavy atom. The van der Waals surface area contributed by atoms with Gasteiger partial charge in [0.2, 0.25) is 10.0 Å². The average Bonchev–Trinajstić information content (AvgIpc) is 3.91. The summed E-state index contributed by atoms with van der Waals surface area (Å²) in [7, 11) is -2.38. The zero-order chi connectivity index (χ0) is 35.8. The molecule has 1 saturated heterocycles. The van der Waals surface area contributed by atoms with Crippen molar-refractivity contribution in [2.45, 2.75) is 38.4 Å². The molecule has 5 rings (SSSR count). The lowest BCUT2D eigenvalue weighted by Crippen LogP contribution is -2.39. The Kier molecular flexibility index (Phi) is 13.0. The highest BCUT2D eigenvalue weighted by atomic mass is 35.5. The van der Waals surface area contributed by atoms with Crippen LogP contribution in [0.15, 0.2) is 48.8 Å². The van der Waals surface area contributed by atoms with Gasteiger partial charge in [-0.05, 0) is 66.6 Å². The quantitative estimate of drug-likeness (QED) is 0.143. The van der Waals surface area contributed by atoms with Crippen LogP contribution >= 0.6 is 23.2 Å². The molecule has 1 aliphatic carbocycles. The van der Waals surface area contributed by atoms with Crippen molar-refractivity contribution in [2.24, 2.45) is 5.92 Å². The van der Waals surface area contributed by atoms with E-state index in [1.165, 1.54) is 60.2 Å². The molecular weight excluding hydrogens is 719 g/mol. The number of hydrogen-bond donors (Lipinski definition) is 0. The molecule has 0 radical (unpaired) electrons. The van der Waals surface area contributed by atoms with Crippen LogP contribution in [0.4, 0.5) is 14.5 Å².